The van der Waals surface area contributed by atoms with E-state index in [-0.39, 0.29) is 5.41 Å². The predicted octanol–water partition coefficient (Wildman–Crippen LogP) is 5.92. The minimum atomic E-state index is 0.159. The average Bonchev–Trinajstić information content (AvgIpc) is 2.89. The van der Waals surface area contributed by atoms with E-state index >= 15 is 0 Å². The summed E-state index contributed by atoms with van der Waals surface area (Å²) in [5.74, 6) is 1.19. The van der Waals surface area contributed by atoms with Crippen molar-refractivity contribution in [2.75, 3.05) is 0 Å². The topological polar surface area (TPSA) is 26.0 Å². The maximum absolute atomic E-state index is 5.90. The van der Waals surface area contributed by atoms with Gasteiger partial charge in [0.1, 0.15) is 5.52 Å². The molecule has 0 saturated heterocycles. The molecule has 1 aromatic heterocycles. The molecule has 0 radical (unpaired) electrons. The van der Waals surface area contributed by atoms with Crippen LogP contribution in [0, 0.1) is 0 Å². The Morgan fingerprint density at radius 1 is 0.955 bits per heavy atom. The standard InChI is InChI=1S/C20H23NO/c1-13(2)15-8-11-18-17(12-15)21-19(22-18)14-6-9-16(10-7-14)20(3,4)5/h6-13H,1-5H3. The van der Waals surface area contributed by atoms with Crippen molar-refractivity contribution in [3.63, 3.8) is 0 Å². The molecule has 1 heterocycles. The largest absolute Gasteiger partial charge is 0.436 e. The molecule has 0 aliphatic carbocycles. The van der Waals surface area contributed by atoms with Crippen molar-refractivity contribution >= 4 is 11.1 Å². The van der Waals surface area contributed by atoms with Crippen LogP contribution in [0.1, 0.15) is 51.7 Å². The van der Waals surface area contributed by atoms with Crippen LogP contribution in [-0.4, -0.2) is 4.98 Å². The number of nitrogens with zero attached hydrogens (tertiary/aromatic N) is 1. The molecule has 0 saturated carbocycles. The summed E-state index contributed by atoms with van der Waals surface area (Å²) in [5, 5.41) is 0. The molecule has 3 aromatic rings. The van der Waals surface area contributed by atoms with Crippen LogP contribution >= 0.6 is 0 Å². The van der Waals surface area contributed by atoms with E-state index in [0.717, 1.165) is 16.7 Å². The average molecular weight is 293 g/mol. The minimum Gasteiger partial charge on any atom is -0.436 e. The van der Waals surface area contributed by atoms with Crippen LogP contribution in [-0.2, 0) is 5.41 Å². The Labute approximate surface area is 132 Å². The van der Waals surface area contributed by atoms with Gasteiger partial charge in [-0.15, -0.1) is 0 Å². The van der Waals surface area contributed by atoms with E-state index in [1.54, 1.807) is 0 Å². The van der Waals surface area contributed by atoms with Gasteiger partial charge in [-0.05, 0) is 46.7 Å². The quantitative estimate of drug-likeness (QED) is 0.586. The minimum absolute atomic E-state index is 0.159. The van der Waals surface area contributed by atoms with Crippen LogP contribution in [0.3, 0.4) is 0 Å². The molecule has 2 aromatic carbocycles. The van der Waals surface area contributed by atoms with E-state index in [9.17, 15) is 0 Å². The number of fused-ring (bicyclic) bond motifs is 1. The molecule has 0 unspecified atom stereocenters. The summed E-state index contributed by atoms with van der Waals surface area (Å²) >= 11 is 0. The van der Waals surface area contributed by atoms with Crippen LogP contribution in [0.4, 0.5) is 0 Å². The van der Waals surface area contributed by atoms with Gasteiger partial charge in [-0.25, -0.2) is 4.98 Å². The molecule has 2 nitrogen and oxygen atoms in total. The lowest BCUT2D eigenvalue weighted by Gasteiger charge is -2.18. The Morgan fingerprint density at radius 2 is 1.64 bits per heavy atom. The van der Waals surface area contributed by atoms with Crippen molar-refractivity contribution in [1.82, 2.24) is 4.98 Å². The highest BCUT2D eigenvalue weighted by molar-refractivity contribution is 5.77. The van der Waals surface area contributed by atoms with Crippen LogP contribution in [0.25, 0.3) is 22.6 Å². The first-order valence-corrected chi connectivity index (χ1v) is 7.86. The highest BCUT2D eigenvalue weighted by Gasteiger charge is 2.15. The Hall–Kier alpha value is -2.09. The Bertz CT molecular complexity index is 789. The summed E-state index contributed by atoms with van der Waals surface area (Å²) in [6.07, 6.45) is 0. The second-order valence-corrected chi connectivity index (χ2v) is 7.23. The van der Waals surface area contributed by atoms with Crippen LogP contribution in [0.2, 0.25) is 0 Å². The molecule has 22 heavy (non-hydrogen) atoms. The predicted molar refractivity (Wildman–Crippen MR) is 92.2 cm³/mol. The van der Waals surface area contributed by atoms with Gasteiger partial charge in [-0.2, -0.15) is 0 Å². The van der Waals surface area contributed by atoms with Gasteiger partial charge in [-0.1, -0.05) is 52.8 Å². The van der Waals surface area contributed by atoms with Gasteiger partial charge in [-0.3, -0.25) is 0 Å². The van der Waals surface area contributed by atoms with Gasteiger partial charge < -0.3 is 4.42 Å². The first-order valence-electron chi connectivity index (χ1n) is 7.86. The van der Waals surface area contributed by atoms with Crippen LogP contribution in [0.5, 0.6) is 0 Å². The first kappa shape index (κ1) is 14.8. The van der Waals surface area contributed by atoms with E-state index < -0.39 is 0 Å². The number of benzene rings is 2. The lowest BCUT2D eigenvalue weighted by molar-refractivity contribution is 0.589. The van der Waals surface area contributed by atoms with Crippen molar-refractivity contribution < 1.29 is 4.42 Å². The van der Waals surface area contributed by atoms with E-state index in [0.29, 0.717) is 11.8 Å². The highest BCUT2D eigenvalue weighted by Crippen LogP contribution is 2.29. The van der Waals surface area contributed by atoms with Gasteiger partial charge >= 0.3 is 0 Å². The fourth-order valence-electron chi connectivity index (χ4n) is 2.54. The fraction of sp³-hybridized carbons (Fsp3) is 0.350. The SMILES string of the molecule is CC(C)c1ccc2oc(-c3ccc(C(C)(C)C)cc3)nc2c1. The third kappa shape index (κ3) is 2.78. The summed E-state index contributed by atoms with van der Waals surface area (Å²) in [4.78, 5) is 4.65. The summed E-state index contributed by atoms with van der Waals surface area (Å²) in [6, 6.07) is 14.8. The summed E-state index contributed by atoms with van der Waals surface area (Å²) in [7, 11) is 0. The molecule has 0 bridgehead atoms. The van der Waals surface area contributed by atoms with Crippen molar-refractivity contribution in [2.45, 2.75) is 46.0 Å². The van der Waals surface area contributed by atoms with Gasteiger partial charge in [0.15, 0.2) is 5.58 Å². The molecule has 3 rings (SSSR count). The molecule has 0 aliphatic rings. The number of rotatable bonds is 2. The monoisotopic (exact) mass is 293 g/mol. The van der Waals surface area contributed by atoms with Crippen LogP contribution < -0.4 is 0 Å². The molecule has 0 amide bonds. The first-order chi connectivity index (χ1) is 10.3. The number of oxazole rings is 1. The Kier molecular flexibility index (Phi) is 3.56. The molecule has 0 N–H and O–H groups in total. The highest BCUT2D eigenvalue weighted by atomic mass is 16.3. The second-order valence-electron chi connectivity index (χ2n) is 7.23. The maximum Gasteiger partial charge on any atom is 0.227 e. The number of hydrogen-bond acceptors (Lipinski definition) is 2. The molecular weight excluding hydrogens is 270 g/mol. The molecule has 114 valence electrons. The third-order valence-electron chi connectivity index (χ3n) is 4.08. The smallest absolute Gasteiger partial charge is 0.227 e. The molecule has 0 fully saturated rings. The summed E-state index contributed by atoms with van der Waals surface area (Å²) < 4.78 is 5.90. The van der Waals surface area contributed by atoms with Crippen molar-refractivity contribution in [3.05, 3.63) is 53.6 Å². The normalized spacial score (nSPS) is 12.3. The Morgan fingerprint density at radius 3 is 2.23 bits per heavy atom. The van der Waals surface area contributed by atoms with Crippen molar-refractivity contribution in [1.29, 1.82) is 0 Å². The van der Waals surface area contributed by atoms with Gasteiger partial charge in [0.25, 0.3) is 0 Å². The zero-order chi connectivity index (χ0) is 15.9. The molecular formula is C20H23NO. The van der Waals surface area contributed by atoms with Crippen molar-refractivity contribution in [2.24, 2.45) is 0 Å². The lowest BCUT2D eigenvalue weighted by atomic mass is 9.87. The third-order valence-corrected chi connectivity index (χ3v) is 4.08. The van der Waals surface area contributed by atoms with Crippen molar-refractivity contribution in [3.8, 4) is 11.5 Å². The number of aromatic nitrogens is 1. The molecule has 2 heteroatoms. The van der Waals surface area contributed by atoms with E-state index in [2.05, 4.69) is 76.0 Å². The van der Waals surface area contributed by atoms with Gasteiger partial charge in [0.2, 0.25) is 5.89 Å². The van der Waals surface area contributed by atoms with Gasteiger partial charge in [0.05, 0.1) is 0 Å². The van der Waals surface area contributed by atoms with E-state index in [1.165, 1.54) is 11.1 Å². The molecule has 0 spiro atoms. The number of hydrogen-bond donors (Lipinski definition) is 0. The second kappa shape index (κ2) is 5.28. The van der Waals surface area contributed by atoms with Crippen LogP contribution in [0.15, 0.2) is 46.9 Å². The summed E-state index contributed by atoms with van der Waals surface area (Å²) in [5.41, 5.74) is 5.56. The Balaban J connectivity index is 1.99. The molecule has 0 aliphatic heterocycles. The molecule has 0 atom stereocenters. The van der Waals surface area contributed by atoms with E-state index in [4.69, 9.17) is 4.42 Å². The lowest BCUT2D eigenvalue weighted by Crippen LogP contribution is -2.10. The van der Waals surface area contributed by atoms with Gasteiger partial charge in [0, 0.05) is 5.56 Å². The zero-order valence-corrected chi connectivity index (χ0v) is 14.0. The van der Waals surface area contributed by atoms with E-state index in [1.807, 2.05) is 6.07 Å². The fourth-order valence-corrected chi connectivity index (χ4v) is 2.54. The summed E-state index contributed by atoms with van der Waals surface area (Å²) in [6.45, 7) is 11.0. The zero-order valence-electron chi connectivity index (χ0n) is 14.0. The maximum atomic E-state index is 5.90.